The minimum atomic E-state index is -0.0376. The summed E-state index contributed by atoms with van der Waals surface area (Å²) in [4.78, 5) is 33.0. The first-order valence-corrected chi connectivity index (χ1v) is 29.0. The third-order valence-electron chi connectivity index (χ3n) is 16.5. The number of hydrogen-bond acceptors (Lipinski definition) is 4. The Hall–Kier alpha value is -11.6. The summed E-state index contributed by atoms with van der Waals surface area (Å²) in [5.74, 6) is -0.0752. The maximum absolute atomic E-state index is 14.2. The van der Waals surface area contributed by atoms with Crippen LogP contribution in [0.3, 0.4) is 0 Å². The molecule has 0 spiro atoms. The van der Waals surface area contributed by atoms with Crippen LogP contribution in [-0.2, 0) is 0 Å². The molecule has 13 aromatic carbocycles. The second-order valence-electron chi connectivity index (χ2n) is 21.5. The summed E-state index contributed by atoms with van der Waals surface area (Å²) in [5.41, 5.74) is 18.7. The van der Waals surface area contributed by atoms with Gasteiger partial charge < -0.3 is 18.9 Å². The molecule has 0 atom stereocenters. The summed E-state index contributed by atoms with van der Waals surface area (Å²) in [5, 5.41) is 4.23. The van der Waals surface area contributed by atoms with Crippen molar-refractivity contribution >= 4 is 89.3 Å². The third-order valence-corrected chi connectivity index (χ3v) is 16.5. The Kier molecular flexibility index (Phi) is 13.1. The lowest BCUT2D eigenvalue weighted by atomic mass is 9.88. The number of fused-ring (bicyclic) bond motifs is 6. The second-order valence-corrected chi connectivity index (χ2v) is 21.5. The molecular formula is C80H54N4O2. The van der Waals surface area contributed by atoms with Crippen molar-refractivity contribution < 1.29 is 9.59 Å². The van der Waals surface area contributed by atoms with Crippen molar-refractivity contribution in [3.8, 4) is 33.6 Å². The standard InChI is InChI=1S/C80H54N4O2/c85-79(57-23-7-1-8-24-57)59-43-39-55(40-44-59)73-75-69-35-19-21-37-71(69)84(68-53-49-66(50-54-68)82(63-31-15-5-16-32-63)64-33-17-6-18-34-64)78(75)74(56-41-45-60(46-42-56)80(86)58-25-9-2-10-26-58)76-70-36-20-22-38-72(70)83(77(73)76)67-51-47-65(48-52-67)81(61-27-11-3-12-28-61)62-29-13-4-14-30-62/h1-54H. The van der Waals surface area contributed by atoms with E-state index in [9.17, 15) is 9.59 Å². The largest absolute Gasteiger partial charge is 0.311 e. The normalized spacial score (nSPS) is 11.3. The molecule has 0 N–H and O–H groups in total. The molecule has 0 aliphatic rings. The lowest BCUT2D eigenvalue weighted by Crippen LogP contribution is -2.09. The van der Waals surface area contributed by atoms with E-state index in [1.54, 1.807) is 0 Å². The molecule has 0 amide bonds. The molecule has 2 aromatic heterocycles. The van der Waals surface area contributed by atoms with E-state index in [-0.39, 0.29) is 11.6 Å². The van der Waals surface area contributed by atoms with E-state index in [0.29, 0.717) is 22.3 Å². The van der Waals surface area contributed by atoms with Gasteiger partial charge in [-0.1, -0.05) is 218 Å². The molecule has 0 aliphatic heterocycles. The van der Waals surface area contributed by atoms with Crippen molar-refractivity contribution in [2.45, 2.75) is 0 Å². The maximum Gasteiger partial charge on any atom is 0.193 e. The van der Waals surface area contributed by atoms with Gasteiger partial charge in [0.25, 0.3) is 0 Å². The van der Waals surface area contributed by atoms with Crippen LogP contribution in [0.1, 0.15) is 31.8 Å². The van der Waals surface area contributed by atoms with Crippen molar-refractivity contribution in [2.75, 3.05) is 9.80 Å². The van der Waals surface area contributed by atoms with Gasteiger partial charge in [-0.05, 0) is 120 Å². The van der Waals surface area contributed by atoms with E-state index in [1.165, 1.54) is 0 Å². The number of hydrogen-bond donors (Lipinski definition) is 0. The summed E-state index contributed by atoms with van der Waals surface area (Å²) in [6, 6.07) is 113. The Labute approximate surface area is 498 Å². The molecule has 0 radical (unpaired) electrons. The molecule has 0 unspecified atom stereocenters. The Balaban J connectivity index is 1.04. The van der Waals surface area contributed by atoms with Crippen molar-refractivity contribution in [2.24, 2.45) is 0 Å². The molecule has 15 rings (SSSR count). The van der Waals surface area contributed by atoms with Gasteiger partial charge in [-0.15, -0.1) is 0 Å². The number of aromatic nitrogens is 2. The zero-order chi connectivity index (χ0) is 57.5. The first kappa shape index (κ1) is 51.3. The van der Waals surface area contributed by atoms with E-state index in [1.807, 2.05) is 109 Å². The Bertz CT molecular complexity index is 4550. The van der Waals surface area contributed by atoms with Crippen LogP contribution in [0.4, 0.5) is 34.1 Å². The number of carbonyl (C=O) groups is 2. The van der Waals surface area contributed by atoms with Gasteiger partial charge in [-0.2, -0.15) is 0 Å². The number of para-hydroxylation sites is 6. The van der Waals surface area contributed by atoms with Crippen molar-refractivity contribution in [1.29, 1.82) is 0 Å². The molecule has 2 heterocycles. The quantitative estimate of drug-likeness (QED) is 0.102. The van der Waals surface area contributed by atoms with Crippen LogP contribution in [0.15, 0.2) is 328 Å². The van der Waals surface area contributed by atoms with Crippen molar-refractivity contribution in [1.82, 2.24) is 9.13 Å². The summed E-state index contributed by atoms with van der Waals surface area (Å²) in [7, 11) is 0. The van der Waals surface area contributed by atoms with Gasteiger partial charge in [-0.25, -0.2) is 0 Å². The van der Waals surface area contributed by atoms with Crippen LogP contribution in [0.5, 0.6) is 0 Å². The fourth-order valence-corrected chi connectivity index (χ4v) is 12.6. The highest BCUT2D eigenvalue weighted by molar-refractivity contribution is 6.33. The number of nitrogens with zero attached hydrogens (tertiary/aromatic N) is 4. The zero-order valence-corrected chi connectivity index (χ0v) is 46.8. The highest BCUT2D eigenvalue weighted by atomic mass is 16.1. The summed E-state index contributed by atoms with van der Waals surface area (Å²) < 4.78 is 4.86. The predicted molar refractivity (Wildman–Crippen MR) is 355 cm³/mol. The molecule has 0 aliphatic carbocycles. The lowest BCUT2D eigenvalue weighted by Gasteiger charge is -2.26. The van der Waals surface area contributed by atoms with Gasteiger partial charge in [0.2, 0.25) is 0 Å². The second kappa shape index (κ2) is 21.9. The van der Waals surface area contributed by atoms with Gasteiger partial charge in [0.05, 0.1) is 22.1 Å². The Morgan fingerprint density at radius 3 is 0.814 bits per heavy atom. The highest BCUT2D eigenvalue weighted by Crippen LogP contribution is 2.52. The molecule has 15 aromatic rings. The SMILES string of the molecule is O=C(c1ccccc1)c1ccc(-c2c3c4ccccc4n(-c4ccc(N(c5ccccc5)c5ccccc5)cc4)c3c(-c3ccc(C(=O)c4ccccc4)cc3)c3c4ccccc4n(-c4ccc(N(c5ccccc5)c5ccccc5)cc4)c23)cc1. The molecule has 86 heavy (non-hydrogen) atoms. The van der Waals surface area contributed by atoms with Gasteiger partial charge in [0, 0.05) is 100 Å². The summed E-state index contributed by atoms with van der Waals surface area (Å²) in [6.45, 7) is 0. The van der Waals surface area contributed by atoms with Gasteiger partial charge >= 0.3 is 0 Å². The molecule has 6 heteroatoms. The number of carbonyl (C=O) groups excluding carboxylic acids is 2. The average Bonchev–Trinajstić information content (AvgIpc) is 1.69. The van der Waals surface area contributed by atoms with E-state index in [0.717, 1.165) is 111 Å². The first-order chi connectivity index (χ1) is 42.6. The first-order valence-electron chi connectivity index (χ1n) is 29.0. The smallest absolute Gasteiger partial charge is 0.193 e. The van der Waals surface area contributed by atoms with Gasteiger partial charge in [0.1, 0.15) is 0 Å². The molecule has 0 fully saturated rings. The average molecular weight is 1100 g/mol. The fourth-order valence-electron chi connectivity index (χ4n) is 12.6. The third kappa shape index (κ3) is 9.01. The summed E-state index contributed by atoms with van der Waals surface area (Å²) >= 11 is 0. The van der Waals surface area contributed by atoms with Crippen LogP contribution in [-0.4, -0.2) is 20.7 Å². The Morgan fingerprint density at radius 1 is 0.244 bits per heavy atom. The zero-order valence-electron chi connectivity index (χ0n) is 46.8. The minimum Gasteiger partial charge on any atom is -0.311 e. The van der Waals surface area contributed by atoms with E-state index in [2.05, 4.69) is 237 Å². The minimum absolute atomic E-state index is 0.0376. The van der Waals surface area contributed by atoms with Gasteiger partial charge in [0.15, 0.2) is 11.6 Å². The number of rotatable bonds is 14. The molecule has 0 bridgehead atoms. The molecule has 406 valence electrons. The van der Waals surface area contributed by atoms with Crippen LogP contribution >= 0.6 is 0 Å². The monoisotopic (exact) mass is 1100 g/mol. The number of ketones is 2. The highest BCUT2D eigenvalue weighted by Gasteiger charge is 2.30. The van der Waals surface area contributed by atoms with Crippen LogP contribution in [0.2, 0.25) is 0 Å². The van der Waals surface area contributed by atoms with Crippen LogP contribution in [0.25, 0.3) is 77.2 Å². The molecular weight excluding hydrogens is 1050 g/mol. The van der Waals surface area contributed by atoms with Crippen molar-refractivity contribution in [3.05, 3.63) is 350 Å². The predicted octanol–water partition coefficient (Wildman–Crippen LogP) is 20.6. The van der Waals surface area contributed by atoms with E-state index in [4.69, 9.17) is 0 Å². The van der Waals surface area contributed by atoms with Gasteiger partial charge in [-0.3, -0.25) is 9.59 Å². The van der Waals surface area contributed by atoms with E-state index < -0.39 is 0 Å². The maximum atomic E-state index is 14.2. The number of anilines is 6. The van der Waals surface area contributed by atoms with Crippen LogP contribution in [0, 0.1) is 0 Å². The lowest BCUT2D eigenvalue weighted by molar-refractivity contribution is 0.103. The summed E-state index contributed by atoms with van der Waals surface area (Å²) in [6.07, 6.45) is 0. The number of benzene rings is 13. The molecule has 0 saturated heterocycles. The van der Waals surface area contributed by atoms with Crippen molar-refractivity contribution in [3.63, 3.8) is 0 Å². The molecule has 0 saturated carbocycles. The fraction of sp³-hybridized carbons (Fsp3) is 0. The molecule has 6 nitrogen and oxygen atoms in total. The van der Waals surface area contributed by atoms with Crippen LogP contribution < -0.4 is 9.80 Å². The van der Waals surface area contributed by atoms with E-state index >= 15 is 0 Å². The Morgan fingerprint density at radius 2 is 0.500 bits per heavy atom. The topological polar surface area (TPSA) is 50.5 Å².